The lowest BCUT2D eigenvalue weighted by Crippen LogP contribution is -2.27. The maximum absolute atomic E-state index is 13.1. The van der Waals surface area contributed by atoms with E-state index in [0.29, 0.717) is 41.9 Å². The highest BCUT2D eigenvalue weighted by molar-refractivity contribution is 6.06. The molecule has 1 saturated heterocycles. The van der Waals surface area contributed by atoms with Gasteiger partial charge in [-0.05, 0) is 36.5 Å². The molecule has 1 fully saturated rings. The van der Waals surface area contributed by atoms with E-state index in [2.05, 4.69) is 15.5 Å². The third-order valence-corrected chi connectivity index (χ3v) is 5.56. The minimum atomic E-state index is -0.192. The molecule has 1 aromatic carbocycles. The monoisotopic (exact) mass is 406 g/mol. The van der Waals surface area contributed by atoms with Gasteiger partial charge < -0.3 is 14.7 Å². The second-order valence-electron chi connectivity index (χ2n) is 8.07. The van der Waals surface area contributed by atoms with E-state index < -0.39 is 0 Å². The first-order valence-corrected chi connectivity index (χ1v) is 10.3. The molecule has 3 heterocycles. The summed E-state index contributed by atoms with van der Waals surface area (Å²) in [6, 6.07) is 9.73. The number of carbonyl (C=O) groups excluding carboxylic acids is 2. The zero-order chi connectivity index (χ0) is 21.3. The zero-order valence-corrected chi connectivity index (χ0v) is 17.6. The molecule has 1 N–H and O–H groups in total. The Kier molecular flexibility index (Phi) is 5.53. The summed E-state index contributed by atoms with van der Waals surface area (Å²) in [6.07, 6.45) is 1.53. The number of fused-ring (bicyclic) bond motifs is 1. The summed E-state index contributed by atoms with van der Waals surface area (Å²) < 4.78 is 5.32. The quantitative estimate of drug-likeness (QED) is 0.674. The van der Waals surface area contributed by atoms with E-state index in [1.165, 1.54) is 0 Å². The van der Waals surface area contributed by atoms with Gasteiger partial charge in [-0.15, -0.1) is 0 Å². The van der Waals surface area contributed by atoms with Crippen molar-refractivity contribution in [3.05, 3.63) is 58.4 Å². The van der Waals surface area contributed by atoms with Crippen LogP contribution < -0.4 is 5.32 Å². The second kappa shape index (κ2) is 8.26. The summed E-state index contributed by atoms with van der Waals surface area (Å²) in [7, 11) is 0. The number of nitrogens with one attached hydrogen (secondary N) is 1. The van der Waals surface area contributed by atoms with Gasteiger partial charge in [0.25, 0.3) is 11.6 Å². The minimum Gasteiger partial charge on any atom is -0.348 e. The minimum absolute atomic E-state index is 0.157. The Balaban J connectivity index is 1.56. The fourth-order valence-corrected chi connectivity index (χ4v) is 3.82. The van der Waals surface area contributed by atoms with Crippen LogP contribution in [0.3, 0.4) is 0 Å². The maximum Gasteiger partial charge on any atom is 0.259 e. The van der Waals surface area contributed by atoms with Crippen LogP contribution in [-0.2, 0) is 17.9 Å². The molecular weight excluding hydrogens is 380 g/mol. The molecule has 0 radical (unpaired) electrons. The molecule has 0 aliphatic carbocycles. The number of likely N-dealkylation sites (tertiary alicyclic amines) is 1. The molecule has 7 nitrogen and oxygen atoms in total. The second-order valence-corrected chi connectivity index (χ2v) is 8.07. The predicted octanol–water partition coefficient (Wildman–Crippen LogP) is 3.71. The van der Waals surface area contributed by atoms with Gasteiger partial charge in [0.05, 0.1) is 16.6 Å². The highest BCUT2D eigenvalue weighted by Gasteiger charge is 2.22. The van der Waals surface area contributed by atoms with Crippen LogP contribution in [0.4, 0.5) is 0 Å². The van der Waals surface area contributed by atoms with Gasteiger partial charge in [0.2, 0.25) is 5.91 Å². The SMILES string of the molecule is Cc1noc2nc(C(C)C)cc(C(=O)NCc3ccccc3CN3CCCC3=O)c12. The fraction of sp³-hybridized carbons (Fsp3) is 0.391. The Bertz CT molecular complexity index is 1100. The van der Waals surface area contributed by atoms with Crippen molar-refractivity contribution in [1.29, 1.82) is 0 Å². The van der Waals surface area contributed by atoms with E-state index in [0.717, 1.165) is 29.8 Å². The molecule has 1 aliphatic rings. The van der Waals surface area contributed by atoms with Gasteiger partial charge in [0.1, 0.15) is 0 Å². The number of aryl methyl sites for hydroxylation is 1. The Morgan fingerprint density at radius 3 is 2.73 bits per heavy atom. The largest absolute Gasteiger partial charge is 0.348 e. The molecule has 0 atom stereocenters. The topological polar surface area (TPSA) is 88.3 Å². The van der Waals surface area contributed by atoms with Crippen molar-refractivity contribution in [2.45, 2.75) is 52.6 Å². The van der Waals surface area contributed by atoms with Crippen molar-refractivity contribution in [2.75, 3.05) is 6.54 Å². The summed E-state index contributed by atoms with van der Waals surface area (Å²) in [4.78, 5) is 31.5. The third-order valence-electron chi connectivity index (χ3n) is 5.56. The molecule has 1 aliphatic heterocycles. The van der Waals surface area contributed by atoms with E-state index in [9.17, 15) is 9.59 Å². The van der Waals surface area contributed by atoms with Crippen LogP contribution in [0.1, 0.15) is 65.5 Å². The molecular formula is C23H26N4O3. The number of hydrogen-bond donors (Lipinski definition) is 1. The molecule has 0 spiro atoms. The number of aromatic nitrogens is 2. The van der Waals surface area contributed by atoms with Crippen molar-refractivity contribution >= 4 is 22.9 Å². The van der Waals surface area contributed by atoms with Gasteiger partial charge >= 0.3 is 0 Å². The van der Waals surface area contributed by atoms with Gasteiger partial charge in [0.15, 0.2) is 0 Å². The number of amides is 2. The van der Waals surface area contributed by atoms with Gasteiger partial charge in [-0.2, -0.15) is 0 Å². The van der Waals surface area contributed by atoms with E-state index in [1.807, 2.05) is 56.0 Å². The van der Waals surface area contributed by atoms with Gasteiger partial charge in [0, 0.05) is 31.7 Å². The molecule has 0 unspecified atom stereocenters. The first kappa shape index (κ1) is 20.1. The van der Waals surface area contributed by atoms with E-state index in [4.69, 9.17) is 4.52 Å². The van der Waals surface area contributed by atoms with Crippen molar-refractivity contribution in [2.24, 2.45) is 0 Å². The van der Waals surface area contributed by atoms with Crippen LogP contribution in [0.5, 0.6) is 0 Å². The lowest BCUT2D eigenvalue weighted by Gasteiger charge is -2.18. The number of pyridine rings is 1. The zero-order valence-electron chi connectivity index (χ0n) is 17.6. The summed E-state index contributed by atoms with van der Waals surface area (Å²) in [5, 5.41) is 7.65. The van der Waals surface area contributed by atoms with E-state index >= 15 is 0 Å². The van der Waals surface area contributed by atoms with Crippen molar-refractivity contribution < 1.29 is 14.1 Å². The highest BCUT2D eigenvalue weighted by atomic mass is 16.5. The summed E-state index contributed by atoms with van der Waals surface area (Å²) in [5.74, 6) is 0.157. The Morgan fingerprint density at radius 1 is 1.27 bits per heavy atom. The summed E-state index contributed by atoms with van der Waals surface area (Å²) >= 11 is 0. The molecule has 156 valence electrons. The maximum atomic E-state index is 13.1. The lowest BCUT2D eigenvalue weighted by atomic mass is 10.0. The lowest BCUT2D eigenvalue weighted by molar-refractivity contribution is -0.128. The van der Waals surface area contributed by atoms with E-state index in [-0.39, 0.29) is 17.7 Å². The van der Waals surface area contributed by atoms with Crippen molar-refractivity contribution in [3.8, 4) is 0 Å². The Morgan fingerprint density at radius 2 is 2.03 bits per heavy atom. The number of nitrogens with zero attached hydrogens (tertiary/aromatic N) is 3. The molecule has 0 bridgehead atoms. The third kappa shape index (κ3) is 3.92. The average Bonchev–Trinajstić information content (AvgIpc) is 3.32. The predicted molar refractivity (Wildman–Crippen MR) is 113 cm³/mol. The van der Waals surface area contributed by atoms with Gasteiger partial charge in [-0.25, -0.2) is 4.98 Å². The highest BCUT2D eigenvalue weighted by Crippen LogP contribution is 2.25. The first-order valence-electron chi connectivity index (χ1n) is 10.3. The number of rotatable bonds is 6. The average molecular weight is 406 g/mol. The van der Waals surface area contributed by atoms with Crippen molar-refractivity contribution in [3.63, 3.8) is 0 Å². The van der Waals surface area contributed by atoms with Crippen LogP contribution in [0, 0.1) is 6.92 Å². The van der Waals surface area contributed by atoms with Crippen LogP contribution in [0.25, 0.3) is 11.1 Å². The standard InChI is InChI=1S/C23H26N4O3/c1-14(2)19-11-18(21-15(3)26-30-23(21)25-19)22(29)24-12-16-7-4-5-8-17(16)13-27-10-6-9-20(27)28/h4-5,7-8,11,14H,6,9-10,12-13H2,1-3H3,(H,24,29). The summed E-state index contributed by atoms with van der Waals surface area (Å²) in [5.41, 5.74) is 4.40. The molecule has 0 saturated carbocycles. The van der Waals surface area contributed by atoms with Gasteiger partial charge in [-0.1, -0.05) is 43.3 Å². The molecule has 3 aromatic rings. The number of benzene rings is 1. The fourth-order valence-electron chi connectivity index (χ4n) is 3.82. The van der Waals surface area contributed by atoms with Gasteiger partial charge in [-0.3, -0.25) is 9.59 Å². The Hall–Kier alpha value is -3.22. The number of carbonyl (C=O) groups is 2. The smallest absolute Gasteiger partial charge is 0.259 e. The molecule has 2 amide bonds. The van der Waals surface area contributed by atoms with Crippen LogP contribution in [-0.4, -0.2) is 33.4 Å². The van der Waals surface area contributed by atoms with Crippen LogP contribution >= 0.6 is 0 Å². The van der Waals surface area contributed by atoms with E-state index in [1.54, 1.807) is 0 Å². The first-order chi connectivity index (χ1) is 14.4. The molecule has 4 rings (SSSR count). The molecule has 7 heteroatoms. The molecule has 2 aromatic heterocycles. The molecule has 30 heavy (non-hydrogen) atoms. The van der Waals surface area contributed by atoms with Crippen molar-refractivity contribution in [1.82, 2.24) is 20.4 Å². The normalized spacial score (nSPS) is 14.1. The Labute approximate surface area is 175 Å². The number of hydrogen-bond acceptors (Lipinski definition) is 5. The van der Waals surface area contributed by atoms with Crippen LogP contribution in [0.15, 0.2) is 34.9 Å². The van der Waals surface area contributed by atoms with Crippen LogP contribution in [0.2, 0.25) is 0 Å². The summed E-state index contributed by atoms with van der Waals surface area (Å²) in [6.45, 7) is 7.60.